The minimum atomic E-state index is -2.81. The third kappa shape index (κ3) is 10.0. The number of ether oxygens (including phenoxy) is 3. The number of hydrogen-bond acceptors (Lipinski definition) is 10. The molecule has 1 amide bonds. The third-order valence-electron chi connectivity index (χ3n) is 4.84. The third-order valence-corrected chi connectivity index (χ3v) is 8.61. The van der Waals surface area contributed by atoms with Gasteiger partial charge in [-0.05, 0) is 75.5 Å². The van der Waals surface area contributed by atoms with Crippen LogP contribution in [0, 0.1) is 0 Å². The molecule has 1 heterocycles. The van der Waals surface area contributed by atoms with Crippen molar-refractivity contribution >= 4 is 48.0 Å². The Kier molecular flexibility index (Phi) is 12.2. The molecule has 1 aromatic heterocycles. The number of rotatable bonds is 13. The van der Waals surface area contributed by atoms with E-state index < -0.39 is 32.3 Å². The largest absolute Gasteiger partial charge is 0.514 e. The Balaban J connectivity index is 2.01. The minimum Gasteiger partial charge on any atom is -0.450 e. The van der Waals surface area contributed by atoms with Crippen molar-refractivity contribution in [2.45, 2.75) is 66.2 Å². The summed E-state index contributed by atoms with van der Waals surface area (Å²) >= 11 is 3.36. The quantitative estimate of drug-likeness (QED) is 0.100. The number of benzene rings is 1. The van der Waals surface area contributed by atoms with Gasteiger partial charge in [0.05, 0.1) is 11.1 Å². The lowest BCUT2D eigenvalue weighted by molar-refractivity contribution is 0.0204. The van der Waals surface area contributed by atoms with Crippen LogP contribution in [0.1, 0.15) is 53.5 Å². The molecule has 2 rings (SSSR count). The highest BCUT2D eigenvalue weighted by Gasteiger charge is 2.39. The van der Waals surface area contributed by atoms with Gasteiger partial charge in [0.2, 0.25) is 0 Å². The molecule has 0 aliphatic carbocycles. The van der Waals surface area contributed by atoms with Gasteiger partial charge in [-0.1, -0.05) is 0 Å². The van der Waals surface area contributed by atoms with Crippen LogP contribution in [-0.2, 0) is 29.3 Å². The Morgan fingerprint density at radius 2 is 1.66 bits per heavy atom. The van der Waals surface area contributed by atoms with Crippen LogP contribution in [0.5, 0.6) is 5.75 Å². The molecule has 2 aromatic rings. The topological polar surface area (TPSA) is 132 Å². The van der Waals surface area contributed by atoms with Gasteiger partial charge in [0, 0.05) is 49.9 Å². The fourth-order valence-corrected chi connectivity index (χ4v) is 6.49. The number of amides is 1. The first kappa shape index (κ1) is 31.8. The zero-order valence-corrected chi connectivity index (χ0v) is 25.2. The fourth-order valence-electron chi connectivity index (χ4n) is 3.49. The van der Waals surface area contributed by atoms with Crippen molar-refractivity contribution < 1.29 is 41.5 Å². The van der Waals surface area contributed by atoms with Crippen LogP contribution >= 0.6 is 15.9 Å². The second kappa shape index (κ2) is 14.6. The lowest BCUT2D eigenvalue weighted by Crippen LogP contribution is -2.46. The van der Waals surface area contributed by atoms with E-state index in [2.05, 4.69) is 21.2 Å². The van der Waals surface area contributed by atoms with E-state index in [0.29, 0.717) is 47.7 Å². The van der Waals surface area contributed by atoms with Crippen LogP contribution in [0.2, 0.25) is 6.04 Å². The zero-order valence-electron chi connectivity index (χ0n) is 22.6. The molecule has 0 fully saturated rings. The van der Waals surface area contributed by atoms with Gasteiger partial charge in [0.25, 0.3) is 0 Å². The Morgan fingerprint density at radius 3 is 2.24 bits per heavy atom. The normalized spacial score (nSPS) is 11.9. The Bertz CT molecular complexity index is 1130. The van der Waals surface area contributed by atoms with Gasteiger partial charge in [0.15, 0.2) is 5.75 Å². The molecule has 13 heteroatoms. The molecule has 0 bridgehead atoms. The molecule has 0 aliphatic rings. The predicted octanol–water partition coefficient (Wildman–Crippen LogP) is 5.53. The van der Waals surface area contributed by atoms with Crippen LogP contribution in [-0.4, -0.2) is 53.1 Å². The number of halogens is 1. The van der Waals surface area contributed by atoms with Crippen molar-refractivity contribution in [3.8, 4) is 5.75 Å². The number of hydrogen-bond donors (Lipinski definition) is 1. The van der Waals surface area contributed by atoms with Gasteiger partial charge >= 0.3 is 26.7 Å². The lowest BCUT2D eigenvalue weighted by atomic mass is 10.1. The summed E-state index contributed by atoms with van der Waals surface area (Å²) in [4.78, 5) is 36.5. The van der Waals surface area contributed by atoms with Gasteiger partial charge in [-0.2, -0.15) is 0 Å². The summed E-state index contributed by atoms with van der Waals surface area (Å²) in [7, 11) is -2.81. The molecule has 11 nitrogen and oxygen atoms in total. The summed E-state index contributed by atoms with van der Waals surface area (Å²) < 4.78 is 38.8. The zero-order chi connectivity index (χ0) is 28.3. The van der Waals surface area contributed by atoms with Gasteiger partial charge in [-0.25, -0.2) is 14.4 Å². The minimum absolute atomic E-state index is 0.00910. The second-order valence-electron chi connectivity index (χ2n) is 9.01. The highest BCUT2D eigenvalue weighted by molar-refractivity contribution is 9.10. The molecule has 212 valence electrons. The molecule has 0 aliphatic heterocycles. The summed E-state index contributed by atoms with van der Waals surface area (Å²) in [6.45, 7) is 12.3. The summed E-state index contributed by atoms with van der Waals surface area (Å²) in [5, 5.41) is 3.18. The van der Waals surface area contributed by atoms with E-state index in [0.717, 1.165) is 0 Å². The van der Waals surface area contributed by atoms with Gasteiger partial charge in [-0.3, -0.25) is 0 Å². The van der Waals surface area contributed by atoms with Crippen LogP contribution < -0.4 is 15.7 Å². The molecule has 0 unspecified atom stereocenters. The molecule has 0 spiro atoms. The average Bonchev–Trinajstić information content (AvgIpc) is 2.80. The molecule has 0 radical (unpaired) electrons. The monoisotopic (exact) mass is 617 g/mol. The molecule has 1 aromatic carbocycles. The molecular formula is C25H36BrNO10Si. The maximum Gasteiger partial charge on any atom is 0.514 e. The van der Waals surface area contributed by atoms with Crippen molar-refractivity contribution in [3.63, 3.8) is 0 Å². The molecule has 0 saturated heterocycles. The van der Waals surface area contributed by atoms with Crippen molar-refractivity contribution in [1.29, 1.82) is 0 Å². The Labute approximate surface area is 231 Å². The molecule has 1 N–H and O–H groups in total. The van der Waals surface area contributed by atoms with Crippen molar-refractivity contribution in [2.75, 3.05) is 26.4 Å². The summed E-state index contributed by atoms with van der Waals surface area (Å²) in [6.07, 6.45) is -1.04. The van der Waals surface area contributed by atoms with Crippen molar-refractivity contribution in [2.24, 2.45) is 0 Å². The number of nitrogens with one attached hydrogen (secondary N) is 1. The maximum absolute atomic E-state index is 12.3. The van der Waals surface area contributed by atoms with Gasteiger partial charge in [0.1, 0.15) is 11.2 Å². The smallest absolute Gasteiger partial charge is 0.450 e. The number of fused-ring (bicyclic) bond motifs is 1. The van der Waals surface area contributed by atoms with E-state index in [1.807, 2.05) is 20.8 Å². The highest BCUT2D eigenvalue weighted by atomic mass is 79.9. The van der Waals surface area contributed by atoms with E-state index in [9.17, 15) is 14.4 Å². The Morgan fingerprint density at radius 1 is 1.03 bits per heavy atom. The number of carbonyl (C=O) groups excluding carboxylic acids is 2. The van der Waals surface area contributed by atoms with Crippen LogP contribution in [0.25, 0.3) is 11.0 Å². The number of alkyl carbamates (subject to hydrolysis) is 1. The van der Waals surface area contributed by atoms with E-state index in [4.69, 9.17) is 31.9 Å². The van der Waals surface area contributed by atoms with Crippen molar-refractivity contribution in [1.82, 2.24) is 5.32 Å². The molecule has 0 atom stereocenters. The molecule has 38 heavy (non-hydrogen) atoms. The van der Waals surface area contributed by atoms with Gasteiger partial charge in [-0.15, -0.1) is 0 Å². The summed E-state index contributed by atoms with van der Waals surface area (Å²) in [5.74, 6) is 0.116. The van der Waals surface area contributed by atoms with Gasteiger partial charge < -0.3 is 37.2 Å². The van der Waals surface area contributed by atoms with E-state index in [1.54, 1.807) is 26.8 Å². The molecular weight excluding hydrogens is 582 g/mol. The van der Waals surface area contributed by atoms with Crippen LogP contribution in [0.15, 0.2) is 31.9 Å². The fraction of sp³-hybridized carbons (Fsp3) is 0.560. The maximum atomic E-state index is 12.3. The van der Waals surface area contributed by atoms with E-state index in [1.165, 1.54) is 12.1 Å². The van der Waals surface area contributed by atoms with Crippen LogP contribution in [0.3, 0.4) is 0 Å². The predicted molar refractivity (Wildman–Crippen MR) is 145 cm³/mol. The average molecular weight is 619 g/mol. The second-order valence-corrected chi connectivity index (χ2v) is 12.6. The SMILES string of the molecule is CCO[Si](CCCOC(=O)NCc1cc(=O)oc2cc(OC(=O)OC(C)(C)C)c(Br)cc12)(OCC)OCC. The van der Waals surface area contributed by atoms with Crippen LogP contribution in [0.4, 0.5) is 9.59 Å². The first-order chi connectivity index (χ1) is 17.9. The highest BCUT2D eigenvalue weighted by Crippen LogP contribution is 2.32. The first-order valence-electron chi connectivity index (χ1n) is 12.4. The van der Waals surface area contributed by atoms with E-state index >= 15 is 0 Å². The lowest BCUT2D eigenvalue weighted by Gasteiger charge is -2.28. The van der Waals surface area contributed by atoms with E-state index in [-0.39, 0.29) is 24.5 Å². The Hall–Kier alpha value is -2.45. The number of carbonyl (C=O) groups is 2. The standard InChI is InChI=1S/C25H36BrNO10Si/c1-7-32-38(33-8-2,34-9-3)12-10-11-31-23(29)27-16-17-13-22(28)35-20-15-21(19(26)14-18(17)20)36-24(30)37-25(4,5)6/h13-15H,7-12,16H2,1-6H3,(H,27,29). The first-order valence-corrected chi connectivity index (χ1v) is 15.1. The summed E-state index contributed by atoms with van der Waals surface area (Å²) in [6, 6.07) is 4.81. The summed E-state index contributed by atoms with van der Waals surface area (Å²) in [5.41, 5.74) is -0.694. The molecule has 0 saturated carbocycles. The van der Waals surface area contributed by atoms with Crippen molar-refractivity contribution in [3.05, 3.63) is 38.7 Å².